The van der Waals surface area contributed by atoms with Gasteiger partial charge in [0.1, 0.15) is 6.61 Å². The van der Waals surface area contributed by atoms with E-state index in [9.17, 15) is 13.6 Å². The largest absolute Gasteiger partial charge is 0.368 e. The SMILES string of the molecule is CC(C)NC(=O)COC1CCC#CC(F)(F)CC1.[HH]. The number of hydrogen-bond acceptors (Lipinski definition) is 2. The van der Waals surface area contributed by atoms with Gasteiger partial charge in [0.15, 0.2) is 0 Å². The summed E-state index contributed by atoms with van der Waals surface area (Å²) >= 11 is 0. The maximum atomic E-state index is 13.1. The molecule has 1 atom stereocenters. The van der Waals surface area contributed by atoms with E-state index in [1.54, 1.807) is 0 Å². The molecule has 0 saturated heterocycles. The Kier molecular flexibility index (Phi) is 5.54. The normalized spacial score (nSPS) is 22.6. The Bertz CT molecular complexity index is 350. The summed E-state index contributed by atoms with van der Waals surface area (Å²) in [5, 5.41) is 2.69. The van der Waals surface area contributed by atoms with Gasteiger partial charge in [-0.2, -0.15) is 8.78 Å². The molecule has 0 aromatic carbocycles. The van der Waals surface area contributed by atoms with Gasteiger partial charge >= 0.3 is 5.92 Å². The van der Waals surface area contributed by atoms with Crippen molar-refractivity contribution in [2.75, 3.05) is 6.61 Å². The van der Waals surface area contributed by atoms with Crippen molar-refractivity contribution in [3.05, 3.63) is 0 Å². The average Bonchev–Trinajstić information content (AvgIpc) is 2.23. The molecule has 1 aliphatic rings. The van der Waals surface area contributed by atoms with Crippen LogP contribution in [-0.2, 0) is 9.53 Å². The molecular formula is C13H21F2NO2. The molecule has 0 fully saturated rings. The van der Waals surface area contributed by atoms with Gasteiger partial charge in [0, 0.05) is 20.3 Å². The number of amides is 1. The summed E-state index contributed by atoms with van der Waals surface area (Å²) in [6.07, 6.45) is 0.584. The van der Waals surface area contributed by atoms with Crippen LogP contribution in [0.3, 0.4) is 0 Å². The summed E-state index contributed by atoms with van der Waals surface area (Å²) in [4.78, 5) is 11.4. The van der Waals surface area contributed by atoms with Crippen molar-refractivity contribution in [2.45, 2.75) is 57.6 Å². The molecule has 0 aliphatic heterocycles. The molecular weight excluding hydrogens is 240 g/mol. The maximum Gasteiger partial charge on any atom is 0.308 e. The van der Waals surface area contributed by atoms with E-state index in [0.29, 0.717) is 12.8 Å². The van der Waals surface area contributed by atoms with E-state index in [2.05, 4.69) is 11.2 Å². The monoisotopic (exact) mass is 261 g/mol. The number of ether oxygens (including phenoxy) is 1. The zero-order chi connectivity index (χ0) is 13.6. The zero-order valence-electron chi connectivity index (χ0n) is 10.8. The second-order valence-electron chi connectivity index (χ2n) is 4.74. The fourth-order valence-corrected chi connectivity index (χ4v) is 1.70. The first-order chi connectivity index (χ1) is 8.39. The predicted octanol–water partition coefficient (Wildman–Crippen LogP) is 2.35. The lowest BCUT2D eigenvalue weighted by Crippen LogP contribution is -2.35. The third kappa shape index (κ3) is 5.97. The molecule has 5 heteroatoms. The van der Waals surface area contributed by atoms with Crippen molar-refractivity contribution in [1.29, 1.82) is 0 Å². The molecule has 0 aromatic rings. The van der Waals surface area contributed by atoms with Gasteiger partial charge in [0.2, 0.25) is 5.91 Å². The summed E-state index contributed by atoms with van der Waals surface area (Å²) in [6.45, 7) is 3.62. The van der Waals surface area contributed by atoms with Crippen LogP contribution in [0.2, 0.25) is 0 Å². The summed E-state index contributed by atoms with van der Waals surface area (Å²) < 4.78 is 31.5. The molecule has 18 heavy (non-hydrogen) atoms. The van der Waals surface area contributed by atoms with Crippen molar-refractivity contribution in [1.82, 2.24) is 5.32 Å². The average molecular weight is 261 g/mol. The Morgan fingerprint density at radius 2 is 2.28 bits per heavy atom. The molecule has 0 bridgehead atoms. The maximum absolute atomic E-state index is 13.1. The van der Waals surface area contributed by atoms with Gasteiger partial charge in [0.05, 0.1) is 6.10 Å². The van der Waals surface area contributed by atoms with Gasteiger partial charge in [-0.15, -0.1) is 0 Å². The number of rotatable bonds is 4. The Labute approximate surface area is 108 Å². The van der Waals surface area contributed by atoms with Gasteiger partial charge in [-0.1, -0.05) is 5.92 Å². The van der Waals surface area contributed by atoms with E-state index in [4.69, 9.17) is 4.74 Å². The highest BCUT2D eigenvalue weighted by Crippen LogP contribution is 2.24. The first-order valence-corrected chi connectivity index (χ1v) is 6.18. The molecule has 0 heterocycles. The Hall–Kier alpha value is -1.15. The van der Waals surface area contributed by atoms with Crippen molar-refractivity contribution < 1.29 is 19.7 Å². The van der Waals surface area contributed by atoms with Crippen LogP contribution < -0.4 is 5.32 Å². The lowest BCUT2D eigenvalue weighted by atomic mass is 10.0. The van der Waals surface area contributed by atoms with Crippen LogP contribution in [0.15, 0.2) is 0 Å². The number of carbonyl (C=O) groups excluding carboxylic acids is 1. The van der Waals surface area contributed by atoms with E-state index in [0.717, 1.165) is 0 Å². The van der Waals surface area contributed by atoms with E-state index < -0.39 is 5.92 Å². The molecule has 1 unspecified atom stereocenters. The Morgan fingerprint density at radius 1 is 1.56 bits per heavy atom. The van der Waals surface area contributed by atoms with Crippen LogP contribution in [-0.4, -0.2) is 30.6 Å². The van der Waals surface area contributed by atoms with Crippen LogP contribution >= 0.6 is 0 Å². The highest BCUT2D eigenvalue weighted by Gasteiger charge is 2.28. The summed E-state index contributed by atoms with van der Waals surface area (Å²) in [7, 11) is 0. The standard InChI is InChI=1S/C13H19F2NO2.H2/c1-10(2)16-12(17)9-18-11-5-3-4-7-13(14,15)8-6-11;/h10-11H,3,5-6,8-9H2,1-2H3,(H,16,17);1H. The first kappa shape index (κ1) is 14.9. The zero-order valence-corrected chi connectivity index (χ0v) is 10.8. The van der Waals surface area contributed by atoms with Gasteiger partial charge < -0.3 is 10.1 Å². The van der Waals surface area contributed by atoms with Crippen LogP contribution in [0.4, 0.5) is 8.78 Å². The molecule has 1 aliphatic carbocycles. The molecule has 3 nitrogen and oxygen atoms in total. The lowest BCUT2D eigenvalue weighted by Gasteiger charge is -2.20. The fraction of sp³-hybridized carbons (Fsp3) is 0.769. The molecule has 0 saturated carbocycles. The minimum atomic E-state index is -2.93. The quantitative estimate of drug-likeness (QED) is 0.789. The van der Waals surface area contributed by atoms with E-state index in [1.165, 1.54) is 0 Å². The molecule has 1 N–H and O–H groups in total. The van der Waals surface area contributed by atoms with Gasteiger partial charge in [-0.25, -0.2) is 0 Å². The second-order valence-corrected chi connectivity index (χ2v) is 4.74. The highest BCUT2D eigenvalue weighted by molar-refractivity contribution is 5.77. The molecule has 1 amide bonds. The minimum absolute atomic E-state index is 0. The number of nitrogens with one attached hydrogen (secondary N) is 1. The van der Waals surface area contributed by atoms with Crippen LogP contribution in [0, 0.1) is 11.8 Å². The molecule has 0 radical (unpaired) electrons. The molecule has 104 valence electrons. The Morgan fingerprint density at radius 3 is 2.94 bits per heavy atom. The van der Waals surface area contributed by atoms with E-state index in [1.807, 2.05) is 19.8 Å². The summed E-state index contributed by atoms with van der Waals surface area (Å²) in [5.41, 5.74) is 0. The van der Waals surface area contributed by atoms with Crippen molar-refractivity contribution in [2.24, 2.45) is 0 Å². The van der Waals surface area contributed by atoms with Crippen LogP contribution in [0.5, 0.6) is 0 Å². The molecule has 0 aromatic heterocycles. The van der Waals surface area contributed by atoms with Crippen molar-refractivity contribution in [3.8, 4) is 11.8 Å². The lowest BCUT2D eigenvalue weighted by molar-refractivity contribution is -0.128. The van der Waals surface area contributed by atoms with Crippen LogP contribution in [0.25, 0.3) is 0 Å². The second kappa shape index (κ2) is 6.69. The summed E-state index contributed by atoms with van der Waals surface area (Å²) in [6, 6.07) is 0.0497. The molecule has 0 spiro atoms. The van der Waals surface area contributed by atoms with Gasteiger partial charge in [-0.05, 0) is 32.6 Å². The number of carbonyl (C=O) groups is 1. The van der Waals surface area contributed by atoms with Gasteiger partial charge in [0.25, 0.3) is 0 Å². The first-order valence-electron chi connectivity index (χ1n) is 6.18. The minimum Gasteiger partial charge on any atom is -0.368 e. The Balaban J connectivity index is 0.00000324. The topological polar surface area (TPSA) is 38.3 Å². The number of alkyl halides is 2. The highest BCUT2D eigenvalue weighted by atomic mass is 19.3. The van der Waals surface area contributed by atoms with Crippen LogP contribution in [0.1, 0.15) is 41.0 Å². The fourth-order valence-electron chi connectivity index (χ4n) is 1.70. The third-order valence-corrected chi connectivity index (χ3v) is 2.54. The summed E-state index contributed by atoms with van der Waals surface area (Å²) in [5.74, 6) is 1.25. The van der Waals surface area contributed by atoms with Gasteiger partial charge in [-0.3, -0.25) is 4.79 Å². The van der Waals surface area contributed by atoms with E-state index in [-0.39, 0.29) is 38.9 Å². The smallest absolute Gasteiger partial charge is 0.308 e. The molecule has 1 rings (SSSR count). The van der Waals surface area contributed by atoms with Crippen molar-refractivity contribution >= 4 is 5.91 Å². The predicted molar refractivity (Wildman–Crippen MR) is 66.3 cm³/mol. The van der Waals surface area contributed by atoms with E-state index >= 15 is 0 Å². The number of hydrogen-bond donors (Lipinski definition) is 1. The number of halogens is 2. The third-order valence-electron chi connectivity index (χ3n) is 2.54. The van der Waals surface area contributed by atoms with Crippen molar-refractivity contribution in [3.63, 3.8) is 0 Å².